The van der Waals surface area contributed by atoms with Crippen LogP contribution in [0.4, 0.5) is 8.78 Å². The Kier molecular flexibility index (Phi) is 3.73. The van der Waals surface area contributed by atoms with Gasteiger partial charge in [0.05, 0.1) is 5.75 Å². The van der Waals surface area contributed by atoms with Gasteiger partial charge in [0.2, 0.25) is 6.43 Å². The van der Waals surface area contributed by atoms with Crippen LogP contribution in [0, 0.1) is 0 Å². The van der Waals surface area contributed by atoms with Gasteiger partial charge in [0.25, 0.3) is 10.1 Å². The average Bonchev–Trinajstić information content (AvgIpc) is 1.59. The number of rotatable bonds is 4. The predicted molar refractivity (Wildman–Crippen MR) is 31.7 cm³/mol. The van der Waals surface area contributed by atoms with Gasteiger partial charge in [0.15, 0.2) is 0 Å². The minimum atomic E-state index is -4.05. The van der Waals surface area contributed by atoms with Crippen LogP contribution in [0.1, 0.15) is 12.8 Å². The van der Waals surface area contributed by atoms with Gasteiger partial charge in [0, 0.05) is 6.42 Å². The van der Waals surface area contributed by atoms with Gasteiger partial charge in [-0.2, -0.15) is 8.42 Å². The Morgan fingerprint density at radius 1 is 1.40 bits per heavy atom. The average molecular weight is 174 g/mol. The highest BCUT2D eigenvalue weighted by Crippen LogP contribution is 2.03. The molecule has 0 saturated carbocycles. The first-order valence-electron chi connectivity index (χ1n) is 2.65. The van der Waals surface area contributed by atoms with E-state index >= 15 is 0 Å². The Morgan fingerprint density at radius 3 is 2.20 bits per heavy atom. The molecule has 1 N–H and O–H groups in total. The third-order valence-corrected chi connectivity index (χ3v) is 1.63. The molecule has 62 valence electrons. The molecule has 0 aromatic carbocycles. The summed E-state index contributed by atoms with van der Waals surface area (Å²) in [5.41, 5.74) is 0. The Labute approximate surface area is 57.8 Å². The second-order valence-corrected chi connectivity index (χ2v) is 3.39. The van der Waals surface area contributed by atoms with E-state index in [9.17, 15) is 17.2 Å². The van der Waals surface area contributed by atoms with E-state index in [1.807, 2.05) is 0 Å². The molecule has 0 spiro atoms. The minimum Gasteiger partial charge on any atom is -0.286 e. The van der Waals surface area contributed by atoms with Crippen molar-refractivity contribution in [1.29, 1.82) is 0 Å². The van der Waals surface area contributed by atoms with Gasteiger partial charge in [0.1, 0.15) is 0 Å². The van der Waals surface area contributed by atoms with E-state index < -0.39 is 28.7 Å². The molecule has 0 aromatic rings. The summed E-state index contributed by atoms with van der Waals surface area (Å²) in [7, 11) is -4.05. The van der Waals surface area contributed by atoms with Gasteiger partial charge < -0.3 is 0 Å². The van der Waals surface area contributed by atoms with Gasteiger partial charge in [-0.1, -0.05) is 0 Å². The number of halogens is 2. The van der Waals surface area contributed by atoms with Gasteiger partial charge in [-0.25, -0.2) is 8.78 Å². The molecule has 0 aliphatic rings. The minimum absolute atomic E-state index is 0.198. The number of hydrogen-bond donors (Lipinski definition) is 1. The van der Waals surface area contributed by atoms with Crippen LogP contribution in [-0.4, -0.2) is 25.1 Å². The zero-order valence-electron chi connectivity index (χ0n) is 5.13. The first kappa shape index (κ1) is 9.77. The lowest BCUT2D eigenvalue weighted by molar-refractivity contribution is 0.137. The van der Waals surface area contributed by atoms with Crippen LogP contribution in [0.25, 0.3) is 0 Å². The van der Waals surface area contributed by atoms with Gasteiger partial charge in [-0.3, -0.25) is 4.55 Å². The second-order valence-electron chi connectivity index (χ2n) is 1.82. The summed E-state index contributed by atoms with van der Waals surface area (Å²) in [5, 5.41) is 0. The monoisotopic (exact) mass is 174 g/mol. The van der Waals surface area contributed by atoms with Crippen molar-refractivity contribution in [2.45, 2.75) is 19.3 Å². The van der Waals surface area contributed by atoms with Crippen LogP contribution in [-0.2, 0) is 10.1 Å². The zero-order chi connectivity index (χ0) is 8.20. The lowest BCUT2D eigenvalue weighted by atomic mass is 10.4. The lowest BCUT2D eigenvalue weighted by Gasteiger charge is -1.95. The Balaban J connectivity index is 3.39. The molecule has 0 bridgehead atoms. The van der Waals surface area contributed by atoms with E-state index in [0.717, 1.165) is 0 Å². The summed E-state index contributed by atoms with van der Waals surface area (Å²) in [4.78, 5) is 0. The van der Waals surface area contributed by atoms with Crippen molar-refractivity contribution in [1.82, 2.24) is 0 Å². The standard InChI is InChI=1S/C4H8F2O3S/c5-4(6)2-1-3-10(7,8)9/h4H,1-3H2,(H,7,8,9). The van der Waals surface area contributed by atoms with E-state index in [4.69, 9.17) is 4.55 Å². The van der Waals surface area contributed by atoms with Crippen LogP contribution in [0.5, 0.6) is 0 Å². The highest BCUT2D eigenvalue weighted by atomic mass is 32.2. The SMILES string of the molecule is O=S(=O)(O)CCCC(F)F. The van der Waals surface area contributed by atoms with E-state index in [1.54, 1.807) is 0 Å². The van der Waals surface area contributed by atoms with Crippen molar-refractivity contribution in [3.8, 4) is 0 Å². The summed E-state index contributed by atoms with van der Waals surface area (Å²) >= 11 is 0. The summed E-state index contributed by atoms with van der Waals surface area (Å²) in [6.07, 6.45) is -3.18. The maximum Gasteiger partial charge on any atom is 0.264 e. The van der Waals surface area contributed by atoms with E-state index in [1.165, 1.54) is 0 Å². The van der Waals surface area contributed by atoms with Crippen molar-refractivity contribution in [2.75, 3.05) is 5.75 Å². The highest BCUT2D eigenvalue weighted by molar-refractivity contribution is 7.85. The summed E-state index contributed by atoms with van der Waals surface area (Å²) in [5.74, 6) is -0.586. The second kappa shape index (κ2) is 3.82. The molecule has 6 heteroatoms. The highest BCUT2D eigenvalue weighted by Gasteiger charge is 2.07. The van der Waals surface area contributed by atoms with Crippen molar-refractivity contribution in [2.24, 2.45) is 0 Å². The molecule has 0 saturated heterocycles. The molecule has 0 fully saturated rings. The van der Waals surface area contributed by atoms with Crippen molar-refractivity contribution >= 4 is 10.1 Å². The van der Waals surface area contributed by atoms with Crippen LogP contribution in [0.2, 0.25) is 0 Å². The topological polar surface area (TPSA) is 54.4 Å². The first-order valence-corrected chi connectivity index (χ1v) is 4.26. The smallest absolute Gasteiger partial charge is 0.264 e. The zero-order valence-corrected chi connectivity index (χ0v) is 5.94. The molecule has 10 heavy (non-hydrogen) atoms. The molecule has 3 nitrogen and oxygen atoms in total. The van der Waals surface area contributed by atoms with Crippen molar-refractivity contribution in [3.05, 3.63) is 0 Å². The van der Waals surface area contributed by atoms with Gasteiger partial charge in [-0.15, -0.1) is 0 Å². The third kappa shape index (κ3) is 7.77. The number of alkyl halides is 2. The molecular formula is C4H8F2O3S. The molecule has 0 amide bonds. The van der Waals surface area contributed by atoms with Crippen molar-refractivity contribution in [3.63, 3.8) is 0 Å². The molecule has 0 aromatic heterocycles. The molecule has 0 radical (unpaired) electrons. The lowest BCUT2D eigenvalue weighted by Crippen LogP contribution is -2.05. The van der Waals surface area contributed by atoms with E-state index in [0.29, 0.717) is 0 Å². The predicted octanol–water partition coefficient (Wildman–Crippen LogP) is 0.920. The largest absolute Gasteiger partial charge is 0.286 e. The summed E-state index contributed by atoms with van der Waals surface area (Å²) in [6, 6.07) is 0. The molecule has 0 atom stereocenters. The fraction of sp³-hybridized carbons (Fsp3) is 1.00. The fourth-order valence-electron chi connectivity index (χ4n) is 0.420. The van der Waals surface area contributed by atoms with Crippen LogP contribution in [0.3, 0.4) is 0 Å². The Morgan fingerprint density at radius 2 is 1.90 bits per heavy atom. The van der Waals surface area contributed by atoms with Crippen molar-refractivity contribution < 1.29 is 21.8 Å². The van der Waals surface area contributed by atoms with Gasteiger partial charge >= 0.3 is 0 Å². The Bertz CT molecular complexity index is 175. The van der Waals surface area contributed by atoms with Crippen LogP contribution < -0.4 is 0 Å². The molecule has 0 aliphatic heterocycles. The van der Waals surface area contributed by atoms with E-state index in [2.05, 4.69) is 0 Å². The van der Waals surface area contributed by atoms with Crippen LogP contribution >= 0.6 is 0 Å². The molecule has 0 heterocycles. The maximum absolute atomic E-state index is 11.3. The molecule has 0 rings (SSSR count). The summed E-state index contributed by atoms with van der Waals surface area (Å²) < 4.78 is 50.6. The fourth-order valence-corrected chi connectivity index (χ4v) is 0.952. The molecular weight excluding hydrogens is 166 g/mol. The third-order valence-electron chi connectivity index (χ3n) is 0.825. The molecule has 0 aliphatic carbocycles. The summed E-state index contributed by atoms with van der Waals surface area (Å²) in [6.45, 7) is 0. The first-order chi connectivity index (χ1) is 4.42. The number of hydrogen-bond acceptors (Lipinski definition) is 2. The van der Waals surface area contributed by atoms with Crippen LogP contribution in [0.15, 0.2) is 0 Å². The van der Waals surface area contributed by atoms with E-state index in [-0.39, 0.29) is 6.42 Å². The quantitative estimate of drug-likeness (QED) is 0.645. The van der Waals surface area contributed by atoms with Gasteiger partial charge in [-0.05, 0) is 6.42 Å². The normalized spacial score (nSPS) is 12.4. The molecule has 0 unspecified atom stereocenters. The Hall–Kier alpha value is -0.230. The maximum atomic E-state index is 11.3.